The van der Waals surface area contributed by atoms with Crippen molar-refractivity contribution in [2.24, 2.45) is 0 Å². The van der Waals surface area contributed by atoms with Crippen molar-refractivity contribution < 1.29 is 0 Å². The van der Waals surface area contributed by atoms with E-state index < -0.39 is 0 Å². The maximum Gasteiger partial charge on any atom is 0.226 e. The number of hydrogen-bond acceptors (Lipinski definition) is 5. The summed E-state index contributed by atoms with van der Waals surface area (Å²) < 4.78 is 2.67. The van der Waals surface area contributed by atoms with E-state index in [-0.39, 0.29) is 0 Å². The Morgan fingerprint density at radius 1 is 1.18 bits per heavy atom. The molecule has 0 saturated heterocycles. The van der Waals surface area contributed by atoms with Gasteiger partial charge >= 0.3 is 0 Å². The lowest BCUT2D eigenvalue weighted by Gasteiger charge is -2.07. The molecule has 0 radical (unpaired) electrons. The van der Waals surface area contributed by atoms with Crippen LogP contribution in [0.25, 0.3) is 11.2 Å². The van der Waals surface area contributed by atoms with Gasteiger partial charge in [-0.05, 0) is 34.8 Å². The maximum absolute atomic E-state index is 5.99. The number of anilines is 2. The van der Waals surface area contributed by atoms with Crippen LogP contribution in [0, 0.1) is 0 Å². The zero-order valence-corrected chi connectivity index (χ0v) is 13.8. The van der Waals surface area contributed by atoms with Gasteiger partial charge in [-0.25, -0.2) is 4.98 Å². The van der Waals surface area contributed by atoms with Crippen molar-refractivity contribution in [3.8, 4) is 0 Å². The molecule has 3 N–H and O–H groups in total. The fourth-order valence-corrected chi connectivity index (χ4v) is 2.91. The Hall–Kier alpha value is -2.15. The van der Waals surface area contributed by atoms with Crippen molar-refractivity contribution in [1.29, 1.82) is 0 Å². The van der Waals surface area contributed by atoms with Crippen LogP contribution in [0.2, 0.25) is 0 Å². The van der Waals surface area contributed by atoms with Gasteiger partial charge in [0.1, 0.15) is 0 Å². The number of rotatable bonds is 5. The van der Waals surface area contributed by atoms with Gasteiger partial charge < -0.3 is 15.6 Å². The summed E-state index contributed by atoms with van der Waals surface area (Å²) in [5, 5.41) is 3.23. The zero-order chi connectivity index (χ0) is 15.5. The van der Waals surface area contributed by atoms with Gasteiger partial charge in [-0.3, -0.25) is 0 Å². The predicted molar refractivity (Wildman–Crippen MR) is 91.7 cm³/mol. The Labute approximate surface area is 136 Å². The van der Waals surface area contributed by atoms with Crippen LogP contribution in [0.1, 0.15) is 12.5 Å². The van der Waals surface area contributed by atoms with E-state index in [9.17, 15) is 0 Å². The molecule has 0 unspecified atom stereocenters. The molecule has 2 heterocycles. The highest BCUT2D eigenvalue weighted by Gasteiger charge is 2.14. The first-order valence-electron chi connectivity index (χ1n) is 7.16. The molecule has 2 aromatic heterocycles. The van der Waals surface area contributed by atoms with Gasteiger partial charge in [0, 0.05) is 13.1 Å². The van der Waals surface area contributed by atoms with E-state index in [1.165, 1.54) is 5.56 Å². The first kappa shape index (κ1) is 14.8. The molecular formula is C15H17BrN6. The molecule has 114 valence electrons. The van der Waals surface area contributed by atoms with Crippen molar-refractivity contribution in [1.82, 2.24) is 19.5 Å². The molecule has 0 bridgehead atoms. The average Bonchev–Trinajstić information content (AvgIpc) is 2.84. The smallest absolute Gasteiger partial charge is 0.226 e. The van der Waals surface area contributed by atoms with E-state index in [0.29, 0.717) is 22.0 Å². The summed E-state index contributed by atoms with van der Waals surface area (Å²) in [6.45, 7) is 3.54. The minimum absolute atomic E-state index is 0.389. The third-order valence-electron chi connectivity index (χ3n) is 3.43. The number of nitrogen functional groups attached to an aromatic ring is 1. The minimum Gasteiger partial charge on any atom is -0.382 e. The number of imidazole rings is 1. The lowest BCUT2D eigenvalue weighted by Crippen LogP contribution is -2.10. The van der Waals surface area contributed by atoms with Gasteiger partial charge in [0.15, 0.2) is 21.7 Å². The van der Waals surface area contributed by atoms with Gasteiger partial charge in [0.2, 0.25) is 5.95 Å². The predicted octanol–water partition coefficient (Wildman–Crippen LogP) is 2.85. The van der Waals surface area contributed by atoms with Crippen LogP contribution in [-0.4, -0.2) is 26.1 Å². The molecule has 0 aliphatic rings. The van der Waals surface area contributed by atoms with Crippen molar-refractivity contribution in [3.05, 3.63) is 40.6 Å². The van der Waals surface area contributed by atoms with Gasteiger partial charge in [0.05, 0.1) is 0 Å². The van der Waals surface area contributed by atoms with Crippen LogP contribution in [0.5, 0.6) is 0 Å². The Morgan fingerprint density at radius 3 is 2.68 bits per heavy atom. The van der Waals surface area contributed by atoms with Crippen molar-refractivity contribution in [2.75, 3.05) is 17.6 Å². The minimum atomic E-state index is 0.389. The molecule has 3 aromatic rings. The van der Waals surface area contributed by atoms with E-state index in [1.807, 2.05) is 29.7 Å². The quantitative estimate of drug-likeness (QED) is 0.683. The SMILES string of the molecule is CCn1c(Br)nc2c(N)nc(NCCc3ccccc3)nc21. The van der Waals surface area contributed by atoms with Crippen LogP contribution in [0.4, 0.5) is 11.8 Å². The number of nitrogens with two attached hydrogens (primary N) is 1. The number of fused-ring (bicyclic) bond motifs is 1. The molecule has 0 saturated carbocycles. The highest BCUT2D eigenvalue weighted by molar-refractivity contribution is 9.10. The van der Waals surface area contributed by atoms with Crippen molar-refractivity contribution >= 4 is 38.9 Å². The second-order valence-electron chi connectivity index (χ2n) is 4.89. The molecule has 22 heavy (non-hydrogen) atoms. The normalized spacial score (nSPS) is 11.0. The van der Waals surface area contributed by atoms with Crippen LogP contribution in [0.3, 0.4) is 0 Å². The maximum atomic E-state index is 5.99. The Balaban J connectivity index is 1.79. The summed E-state index contributed by atoms with van der Waals surface area (Å²) in [7, 11) is 0. The van der Waals surface area contributed by atoms with Gasteiger partial charge in [0.25, 0.3) is 0 Å². The zero-order valence-electron chi connectivity index (χ0n) is 12.3. The number of aryl methyl sites for hydroxylation is 1. The second-order valence-corrected chi connectivity index (χ2v) is 5.60. The number of nitrogens with zero attached hydrogens (tertiary/aromatic N) is 4. The fraction of sp³-hybridized carbons (Fsp3) is 0.267. The fourth-order valence-electron chi connectivity index (χ4n) is 2.32. The molecule has 0 fully saturated rings. The molecular weight excluding hydrogens is 344 g/mol. The number of nitrogens with one attached hydrogen (secondary N) is 1. The highest BCUT2D eigenvalue weighted by Crippen LogP contribution is 2.23. The largest absolute Gasteiger partial charge is 0.382 e. The summed E-state index contributed by atoms with van der Waals surface area (Å²) in [6, 6.07) is 10.3. The van der Waals surface area contributed by atoms with E-state index in [4.69, 9.17) is 5.73 Å². The lowest BCUT2D eigenvalue weighted by molar-refractivity contribution is 0.756. The van der Waals surface area contributed by atoms with Crippen LogP contribution in [0.15, 0.2) is 35.1 Å². The number of hydrogen-bond donors (Lipinski definition) is 2. The third kappa shape index (κ3) is 2.89. The number of aromatic nitrogens is 4. The van der Waals surface area contributed by atoms with E-state index in [1.54, 1.807) is 0 Å². The summed E-state index contributed by atoms with van der Waals surface area (Å²) in [4.78, 5) is 13.2. The van der Waals surface area contributed by atoms with Gasteiger partial charge in [-0.2, -0.15) is 9.97 Å². The summed E-state index contributed by atoms with van der Waals surface area (Å²) in [5.41, 5.74) is 8.62. The monoisotopic (exact) mass is 360 g/mol. The standard InChI is InChI=1S/C15H17BrN6/c1-2-22-13-11(19-14(22)16)12(17)20-15(21-13)18-9-8-10-6-4-3-5-7-10/h3-7H,2,8-9H2,1H3,(H3,17,18,20,21). The summed E-state index contributed by atoms with van der Waals surface area (Å²) in [6.07, 6.45) is 0.902. The first-order valence-corrected chi connectivity index (χ1v) is 7.95. The molecule has 3 rings (SSSR count). The Kier molecular flexibility index (Phi) is 4.24. The topological polar surface area (TPSA) is 81.7 Å². The molecule has 0 aliphatic carbocycles. The van der Waals surface area contributed by atoms with Crippen molar-refractivity contribution in [3.63, 3.8) is 0 Å². The van der Waals surface area contributed by atoms with E-state index in [2.05, 4.69) is 48.3 Å². The van der Waals surface area contributed by atoms with E-state index >= 15 is 0 Å². The Bertz CT molecular complexity index is 784. The van der Waals surface area contributed by atoms with Crippen molar-refractivity contribution in [2.45, 2.75) is 19.9 Å². The van der Waals surface area contributed by atoms with Gasteiger partial charge in [-0.1, -0.05) is 30.3 Å². The molecule has 0 aliphatic heterocycles. The summed E-state index contributed by atoms with van der Waals surface area (Å²) >= 11 is 3.42. The van der Waals surface area contributed by atoms with Crippen LogP contribution in [-0.2, 0) is 13.0 Å². The molecule has 1 aromatic carbocycles. The van der Waals surface area contributed by atoms with Crippen LogP contribution >= 0.6 is 15.9 Å². The molecule has 6 nitrogen and oxygen atoms in total. The van der Waals surface area contributed by atoms with E-state index in [0.717, 1.165) is 25.2 Å². The second kappa shape index (κ2) is 6.31. The Morgan fingerprint density at radius 2 is 1.95 bits per heavy atom. The van der Waals surface area contributed by atoms with Gasteiger partial charge in [-0.15, -0.1) is 0 Å². The number of benzene rings is 1. The summed E-state index contributed by atoms with van der Waals surface area (Å²) in [5.74, 6) is 0.920. The first-order chi connectivity index (χ1) is 10.7. The lowest BCUT2D eigenvalue weighted by atomic mass is 10.1. The molecule has 0 atom stereocenters. The molecule has 0 spiro atoms. The molecule has 7 heteroatoms. The number of halogens is 1. The van der Waals surface area contributed by atoms with Crippen LogP contribution < -0.4 is 11.1 Å². The highest BCUT2D eigenvalue weighted by atomic mass is 79.9. The third-order valence-corrected chi connectivity index (χ3v) is 4.04. The average molecular weight is 361 g/mol. The molecule has 0 amide bonds.